The lowest BCUT2D eigenvalue weighted by Gasteiger charge is -2.09. The summed E-state index contributed by atoms with van der Waals surface area (Å²) in [5.41, 5.74) is 6.34. The number of benzene rings is 2. The molecular weight excluding hydrogens is 306 g/mol. The molecule has 0 aliphatic rings. The van der Waals surface area contributed by atoms with Gasteiger partial charge in [0.1, 0.15) is 0 Å². The first-order chi connectivity index (χ1) is 12.4. The molecule has 25 heavy (non-hydrogen) atoms. The summed E-state index contributed by atoms with van der Waals surface area (Å²) < 4.78 is 0. The van der Waals surface area contributed by atoms with Gasteiger partial charge in [-0.2, -0.15) is 0 Å². The van der Waals surface area contributed by atoms with Gasteiger partial charge in [0.05, 0.1) is 23.8 Å². The van der Waals surface area contributed by atoms with Crippen molar-refractivity contribution in [2.45, 2.75) is 0 Å². The van der Waals surface area contributed by atoms with E-state index in [2.05, 4.69) is 51.7 Å². The molecular formula is C22H17N3. The molecule has 0 aliphatic heterocycles. The van der Waals surface area contributed by atoms with E-state index in [0.29, 0.717) is 0 Å². The molecule has 120 valence electrons. The van der Waals surface area contributed by atoms with Crippen molar-refractivity contribution in [1.29, 1.82) is 0 Å². The fourth-order valence-corrected chi connectivity index (χ4v) is 2.76. The van der Waals surface area contributed by atoms with Crippen LogP contribution in [0.1, 0.15) is 0 Å². The monoisotopic (exact) mass is 323 g/mol. The van der Waals surface area contributed by atoms with Crippen LogP contribution in [0.3, 0.4) is 0 Å². The van der Waals surface area contributed by atoms with E-state index < -0.39 is 0 Å². The molecule has 0 amide bonds. The first kappa shape index (κ1) is 15.1. The Morgan fingerprint density at radius 3 is 1.36 bits per heavy atom. The molecule has 0 fully saturated rings. The highest BCUT2D eigenvalue weighted by molar-refractivity contribution is 5.72. The van der Waals surface area contributed by atoms with E-state index in [4.69, 9.17) is 0 Å². The van der Waals surface area contributed by atoms with Crippen molar-refractivity contribution in [3.8, 4) is 22.3 Å². The lowest BCUT2D eigenvalue weighted by atomic mass is 10.1. The molecule has 3 nitrogen and oxygen atoms in total. The van der Waals surface area contributed by atoms with E-state index >= 15 is 0 Å². The van der Waals surface area contributed by atoms with Crippen molar-refractivity contribution in [2.24, 2.45) is 0 Å². The maximum absolute atomic E-state index is 4.35. The van der Waals surface area contributed by atoms with Crippen LogP contribution < -0.4 is 5.32 Å². The SMILES string of the molecule is c1ccc(-c2cncc(Nc3cncc(-c4ccccc4)c3)c2)cc1. The third-order valence-electron chi connectivity index (χ3n) is 3.98. The van der Waals surface area contributed by atoms with E-state index in [-0.39, 0.29) is 0 Å². The molecule has 0 saturated heterocycles. The number of nitrogens with zero attached hydrogens (tertiary/aromatic N) is 2. The number of hydrogen-bond acceptors (Lipinski definition) is 3. The Bertz CT molecular complexity index is 885. The van der Waals surface area contributed by atoms with Gasteiger partial charge < -0.3 is 5.32 Å². The van der Waals surface area contributed by atoms with Gasteiger partial charge in [0, 0.05) is 23.5 Å². The van der Waals surface area contributed by atoms with Crippen LogP contribution in [0.2, 0.25) is 0 Å². The fourth-order valence-electron chi connectivity index (χ4n) is 2.76. The molecule has 2 aromatic heterocycles. The number of aromatic nitrogens is 2. The van der Waals surface area contributed by atoms with Crippen molar-refractivity contribution in [3.05, 3.63) is 97.6 Å². The van der Waals surface area contributed by atoms with Crippen LogP contribution in [-0.2, 0) is 0 Å². The maximum Gasteiger partial charge on any atom is 0.0577 e. The zero-order chi connectivity index (χ0) is 16.9. The van der Waals surface area contributed by atoms with Crippen molar-refractivity contribution in [1.82, 2.24) is 9.97 Å². The predicted octanol–water partition coefficient (Wildman–Crippen LogP) is 5.55. The van der Waals surface area contributed by atoms with E-state index in [1.807, 2.05) is 61.2 Å². The largest absolute Gasteiger partial charge is 0.353 e. The number of hydrogen-bond donors (Lipinski definition) is 1. The van der Waals surface area contributed by atoms with Crippen LogP contribution in [0.25, 0.3) is 22.3 Å². The van der Waals surface area contributed by atoms with Crippen LogP contribution in [0, 0.1) is 0 Å². The fraction of sp³-hybridized carbons (Fsp3) is 0. The quantitative estimate of drug-likeness (QED) is 0.535. The highest BCUT2D eigenvalue weighted by atomic mass is 14.9. The van der Waals surface area contributed by atoms with E-state index in [1.165, 1.54) is 0 Å². The van der Waals surface area contributed by atoms with E-state index in [1.54, 1.807) is 0 Å². The Morgan fingerprint density at radius 2 is 0.920 bits per heavy atom. The summed E-state index contributed by atoms with van der Waals surface area (Å²) >= 11 is 0. The van der Waals surface area contributed by atoms with Gasteiger partial charge >= 0.3 is 0 Å². The number of pyridine rings is 2. The van der Waals surface area contributed by atoms with Crippen molar-refractivity contribution in [3.63, 3.8) is 0 Å². The average molecular weight is 323 g/mol. The molecule has 0 spiro atoms. The normalized spacial score (nSPS) is 10.4. The van der Waals surface area contributed by atoms with Gasteiger partial charge in [-0.15, -0.1) is 0 Å². The van der Waals surface area contributed by atoms with Gasteiger partial charge in [0.15, 0.2) is 0 Å². The third kappa shape index (κ3) is 3.56. The average Bonchev–Trinajstić information content (AvgIpc) is 2.70. The Morgan fingerprint density at radius 1 is 0.480 bits per heavy atom. The standard InChI is InChI=1S/C22H17N3/c1-3-7-17(8-4-1)19-11-21(15-23-13-19)25-22-12-20(14-24-16-22)18-9-5-2-6-10-18/h1-16,25H. The van der Waals surface area contributed by atoms with Crippen molar-refractivity contribution in [2.75, 3.05) is 5.32 Å². The molecule has 0 unspecified atom stereocenters. The zero-order valence-electron chi connectivity index (χ0n) is 13.6. The molecule has 1 N–H and O–H groups in total. The highest BCUT2D eigenvalue weighted by Crippen LogP contribution is 2.25. The molecule has 0 aliphatic carbocycles. The molecule has 0 atom stereocenters. The summed E-state index contributed by atoms with van der Waals surface area (Å²) in [6, 6.07) is 24.7. The van der Waals surface area contributed by atoms with Crippen LogP contribution in [0.15, 0.2) is 97.6 Å². The number of rotatable bonds is 4. The summed E-state index contributed by atoms with van der Waals surface area (Å²) in [4.78, 5) is 8.71. The second kappa shape index (κ2) is 6.97. The molecule has 3 heteroatoms. The Hall–Kier alpha value is -3.46. The summed E-state index contributed by atoms with van der Waals surface area (Å²) in [7, 11) is 0. The summed E-state index contributed by atoms with van der Waals surface area (Å²) in [6.45, 7) is 0. The minimum absolute atomic E-state index is 0.938. The summed E-state index contributed by atoms with van der Waals surface area (Å²) in [5, 5.41) is 3.40. The predicted molar refractivity (Wildman–Crippen MR) is 103 cm³/mol. The minimum atomic E-state index is 0.938. The van der Waals surface area contributed by atoms with Gasteiger partial charge in [0.2, 0.25) is 0 Å². The second-order valence-corrected chi connectivity index (χ2v) is 5.78. The van der Waals surface area contributed by atoms with E-state index in [0.717, 1.165) is 33.6 Å². The summed E-state index contributed by atoms with van der Waals surface area (Å²) in [6.07, 6.45) is 7.39. The molecule has 4 aromatic rings. The molecule has 2 aromatic carbocycles. The Balaban J connectivity index is 1.61. The van der Waals surface area contributed by atoms with Gasteiger partial charge in [-0.1, -0.05) is 60.7 Å². The van der Waals surface area contributed by atoms with Crippen molar-refractivity contribution >= 4 is 11.4 Å². The van der Waals surface area contributed by atoms with Crippen LogP contribution in [0.4, 0.5) is 11.4 Å². The highest BCUT2D eigenvalue weighted by Gasteiger charge is 2.03. The lowest BCUT2D eigenvalue weighted by Crippen LogP contribution is -1.93. The maximum atomic E-state index is 4.35. The molecule has 0 saturated carbocycles. The van der Waals surface area contributed by atoms with Gasteiger partial charge in [0.25, 0.3) is 0 Å². The molecule has 2 heterocycles. The van der Waals surface area contributed by atoms with Gasteiger partial charge in [-0.05, 0) is 23.3 Å². The molecule has 0 radical (unpaired) electrons. The number of nitrogens with one attached hydrogen (secondary N) is 1. The van der Waals surface area contributed by atoms with Crippen LogP contribution >= 0.6 is 0 Å². The molecule has 0 bridgehead atoms. The Labute approximate surface area is 147 Å². The third-order valence-corrected chi connectivity index (χ3v) is 3.98. The minimum Gasteiger partial charge on any atom is -0.353 e. The van der Waals surface area contributed by atoms with Gasteiger partial charge in [-0.25, -0.2) is 0 Å². The number of anilines is 2. The topological polar surface area (TPSA) is 37.8 Å². The molecule has 4 rings (SSSR count). The summed E-state index contributed by atoms with van der Waals surface area (Å²) in [5.74, 6) is 0. The van der Waals surface area contributed by atoms with Crippen molar-refractivity contribution < 1.29 is 0 Å². The van der Waals surface area contributed by atoms with Gasteiger partial charge in [-0.3, -0.25) is 9.97 Å². The lowest BCUT2D eigenvalue weighted by molar-refractivity contribution is 1.30. The first-order valence-corrected chi connectivity index (χ1v) is 8.16. The van der Waals surface area contributed by atoms with E-state index in [9.17, 15) is 0 Å². The Kier molecular flexibility index (Phi) is 4.21. The first-order valence-electron chi connectivity index (χ1n) is 8.16. The zero-order valence-corrected chi connectivity index (χ0v) is 13.6. The van der Waals surface area contributed by atoms with Crippen LogP contribution in [-0.4, -0.2) is 9.97 Å². The second-order valence-electron chi connectivity index (χ2n) is 5.78. The smallest absolute Gasteiger partial charge is 0.0577 e. The van der Waals surface area contributed by atoms with Crippen LogP contribution in [0.5, 0.6) is 0 Å².